The zero-order chi connectivity index (χ0) is 37.9. The van der Waals surface area contributed by atoms with Crippen LogP contribution in [0.2, 0.25) is 0 Å². The van der Waals surface area contributed by atoms with Gasteiger partial charge in [0.15, 0.2) is 6.29 Å². The standard InChI is InChI=1S/C45H52N4O5/c1-31(36-22-21-33-11-7-8-12-37(33)27-36)49(2)29-39-28-42(34-19-17-32(30-50)18-20-34)54-45(53-39)35-23-25-38(26-24-35)47-43(51)15-5-3-4-6-16-44(52)48-41-14-10-9-13-40(41)46/h7-14,17-27,31,39,42,45,50H,3-6,15-16,28-30,46H2,1-2H3,(H,47,51)(H,48,52)/t31-,39+,42-,45-/m1/s1. The smallest absolute Gasteiger partial charge is 0.224 e. The van der Waals surface area contributed by atoms with Crippen molar-refractivity contribution in [3.05, 3.63) is 138 Å². The molecule has 5 N–H and O–H groups in total. The lowest BCUT2D eigenvalue weighted by Gasteiger charge is -2.39. The Kier molecular flexibility index (Phi) is 13.5. The van der Waals surface area contributed by atoms with Crippen LogP contribution in [0.1, 0.15) is 92.6 Å². The number of unbranched alkanes of at least 4 members (excludes halogenated alkanes) is 3. The van der Waals surface area contributed by atoms with Crippen LogP contribution in [0.4, 0.5) is 17.1 Å². The molecule has 4 atom stereocenters. The first-order valence-corrected chi connectivity index (χ1v) is 19.0. The Labute approximate surface area is 318 Å². The quantitative estimate of drug-likeness (QED) is 0.0590. The zero-order valence-electron chi connectivity index (χ0n) is 31.2. The number of ether oxygens (including phenoxy) is 2. The Morgan fingerprint density at radius 2 is 1.43 bits per heavy atom. The predicted octanol–water partition coefficient (Wildman–Crippen LogP) is 9.07. The molecule has 9 heteroatoms. The van der Waals surface area contributed by atoms with Crippen LogP contribution in [0.15, 0.2) is 115 Å². The molecule has 1 heterocycles. The van der Waals surface area contributed by atoms with E-state index in [4.69, 9.17) is 15.2 Å². The van der Waals surface area contributed by atoms with Gasteiger partial charge in [-0.05, 0) is 84.6 Å². The summed E-state index contributed by atoms with van der Waals surface area (Å²) in [6.45, 7) is 2.93. The third kappa shape index (κ3) is 10.5. The number of nitrogens with two attached hydrogens (primary N) is 1. The average Bonchev–Trinajstić information content (AvgIpc) is 3.19. The number of nitrogen functional groups attached to an aromatic ring is 1. The molecule has 1 fully saturated rings. The summed E-state index contributed by atoms with van der Waals surface area (Å²) in [5.74, 6) is -0.0972. The molecular formula is C45H52N4O5. The number of hydrogen-bond acceptors (Lipinski definition) is 7. The van der Waals surface area contributed by atoms with Crippen molar-refractivity contribution < 1.29 is 24.2 Å². The summed E-state index contributed by atoms with van der Waals surface area (Å²) in [4.78, 5) is 27.3. The highest BCUT2D eigenvalue weighted by atomic mass is 16.7. The van der Waals surface area contributed by atoms with E-state index in [9.17, 15) is 14.7 Å². The van der Waals surface area contributed by atoms with Crippen molar-refractivity contribution in [2.75, 3.05) is 30.0 Å². The lowest BCUT2D eigenvalue weighted by molar-refractivity contribution is -0.253. The van der Waals surface area contributed by atoms with E-state index >= 15 is 0 Å². The van der Waals surface area contributed by atoms with Crippen LogP contribution in [-0.4, -0.2) is 41.5 Å². The molecule has 1 saturated heterocycles. The summed E-state index contributed by atoms with van der Waals surface area (Å²) < 4.78 is 13.2. The molecule has 0 aliphatic carbocycles. The number of nitrogens with zero attached hydrogens (tertiary/aromatic N) is 1. The van der Waals surface area contributed by atoms with Crippen LogP contribution in [0, 0.1) is 0 Å². The van der Waals surface area contributed by atoms with Gasteiger partial charge >= 0.3 is 0 Å². The van der Waals surface area contributed by atoms with E-state index in [-0.39, 0.29) is 36.7 Å². The number of aliphatic hydroxyl groups is 1. The summed E-state index contributed by atoms with van der Waals surface area (Å²) >= 11 is 0. The molecule has 0 bridgehead atoms. The van der Waals surface area contributed by atoms with Crippen molar-refractivity contribution in [1.82, 2.24) is 4.90 Å². The number of fused-ring (bicyclic) bond motifs is 1. The molecule has 1 aliphatic rings. The number of carbonyl (C=O) groups is 2. The third-order valence-electron chi connectivity index (χ3n) is 10.3. The maximum absolute atomic E-state index is 12.7. The van der Waals surface area contributed by atoms with E-state index in [0.717, 1.165) is 42.4 Å². The molecule has 9 nitrogen and oxygen atoms in total. The van der Waals surface area contributed by atoms with Crippen LogP contribution < -0.4 is 16.4 Å². The fraction of sp³-hybridized carbons (Fsp3) is 0.333. The number of anilines is 3. The molecular weight excluding hydrogens is 677 g/mol. The molecule has 5 aromatic rings. The van der Waals surface area contributed by atoms with Crippen molar-refractivity contribution >= 4 is 39.6 Å². The van der Waals surface area contributed by atoms with E-state index in [2.05, 4.69) is 72.0 Å². The lowest BCUT2D eigenvalue weighted by atomic mass is 9.98. The number of para-hydroxylation sites is 2. The second-order valence-corrected chi connectivity index (χ2v) is 14.3. The maximum atomic E-state index is 12.7. The summed E-state index contributed by atoms with van der Waals surface area (Å²) in [7, 11) is 2.14. The van der Waals surface area contributed by atoms with Gasteiger partial charge in [0.2, 0.25) is 11.8 Å². The average molecular weight is 729 g/mol. The van der Waals surface area contributed by atoms with Crippen molar-refractivity contribution in [3.63, 3.8) is 0 Å². The molecule has 0 saturated carbocycles. The number of benzene rings is 5. The first-order chi connectivity index (χ1) is 26.2. The van der Waals surface area contributed by atoms with Gasteiger partial charge in [0.1, 0.15) is 0 Å². The fourth-order valence-corrected chi connectivity index (χ4v) is 6.93. The first-order valence-electron chi connectivity index (χ1n) is 19.0. The van der Waals surface area contributed by atoms with Crippen LogP contribution in [0.5, 0.6) is 0 Å². The van der Waals surface area contributed by atoms with Gasteiger partial charge < -0.3 is 30.9 Å². The number of hydrogen-bond donors (Lipinski definition) is 4. The summed E-state index contributed by atoms with van der Waals surface area (Å²) in [6, 6.07) is 38.1. The number of aliphatic hydroxyl groups excluding tert-OH is 1. The zero-order valence-corrected chi connectivity index (χ0v) is 31.2. The second kappa shape index (κ2) is 18.8. The van der Waals surface area contributed by atoms with Crippen molar-refractivity contribution in [2.24, 2.45) is 0 Å². The van der Waals surface area contributed by atoms with Crippen LogP contribution in [-0.2, 0) is 25.7 Å². The Morgan fingerprint density at radius 3 is 2.13 bits per heavy atom. The highest BCUT2D eigenvalue weighted by molar-refractivity contribution is 5.93. The minimum Gasteiger partial charge on any atom is -0.397 e. The Morgan fingerprint density at radius 1 is 0.778 bits per heavy atom. The molecule has 0 spiro atoms. The van der Waals surface area contributed by atoms with Gasteiger partial charge in [-0.15, -0.1) is 0 Å². The third-order valence-corrected chi connectivity index (χ3v) is 10.3. The summed E-state index contributed by atoms with van der Waals surface area (Å²) in [6.07, 6.45) is 3.86. The number of likely N-dealkylation sites (N-methyl/N-ethyl adjacent to an activating group) is 1. The second-order valence-electron chi connectivity index (χ2n) is 14.3. The molecule has 0 radical (unpaired) electrons. The molecule has 2 amide bonds. The Hall–Kier alpha value is -5.06. The van der Waals surface area contributed by atoms with Gasteiger partial charge in [-0.2, -0.15) is 0 Å². The number of amides is 2. The van der Waals surface area contributed by atoms with E-state index in [0.29, 0.717) is 42.9 Å². The molecule has 1 aliphatic heterocycles. The van der Waals surface area contributed by atoms with Crippen molar-refractivity contribution in [1.29, 1.82) is 0 Å². The largest absolute Gasteiger partial charge is 0.397 e. The minimum atomic E-state index is -0.590. The molecule has 54 heavy (non-hydrogen) atoms. The van der Waals surface area contributed by atoms with Crippen LogP contribution in [0.25, 0.3) is 10.8 Å². The molecule has 0 aromatic heterocycles. The Balaban J connectivity index is 1.01. The molecule has 5 aromatic carbocycles. The SMILES string of the molecule is C[C@H](c1ccc2ccccc2c1)N(C)C[C@@H]1C[C@H](c2ccc(CO)cc2)O[C@H](c2ccc(NC(=O)CCCCCCC(=O)Nc3ccccc3N)cc2)O1. The summed E-state index contributed by atoms with van der Waals surface area (Å²) in [5, 5.41) is 17.9. The van der Waals surface area contributed by atoms with E-state index in [1.807, 2.05) is 60.7 Å². The predicted molar refractivity (Wildman–Crippen MR) is 216 cm³/mol. The monoisotopic (exact) mass is 728 g/mol. The van der Waals surface area contributed by atoms with Crippen LogP contribution >= 0.6 is 0 Å². The van der Waals surface area contributed by atoms with Gasteiger partial charge in [-0.1, -0.05) is 97.8 Å². The number of rotatable bonds is 16. The summed E-state index contributed by atoms with van der Waals surface area (Å²) in [5.41, 5.74) is 11.8. The maximum Gasteiger partial charge on any atom is 0.224 e. The van der Waals surface area contributed by atoms with Crippen LogP contribution in [0.3, 0.4) is 0 Å². The lowest BCUT2D eigenvalue weighted by Crippen LogP contribution is -2.38. The van der Waals surface area contributed by atoms with E-state index in [1.54, 1.807) is 12.1 Å². The minimum absolute atomic E-state index is 0.00723. The van der Waals surface area contributed by atoms with Gasteiger partial charge in [0.05, 0.1) is 30.2 Å². The van der Waals surface area contributed by atoms with Gasteiger partial charge in [0.25, 0.3) is 0 Å². The van der Waals surface area contributed by atoms with E-state index < -0.39 is 6.29 Å². The molecule has 6 rings (SSSR count). The van der Waals surface area contributed by atoms with Gasteiger partial charge in [-0.25, -0.2) is 0 Å². The molecule has 0 unspecified atom stereocenters. The first kappa shape index (κ1) is 38.7. The fourth-order valence-electron chi connectivity index (χ4n) is 6.93. The topological polar surface area (TPSA) is 126 Å². The number of nitrogens with one attached hydrogen (secondary N) is 2. The number of carbonyl (C=O) groups excluding carboxylic acids is 2. The highest BCUT2D eigenvalue weighted by Crippen LogP contribution is 2.39. The Bertz CT molecular complexity index is 1980. The normalized spacial score (nSPS) is 17.7. The van der Waals surface area contributed by atoms with Crippen molar-refractivity contribution in [3.8, 4) is 0 Å². The van der Waals surface area contributed by atoms with Gasteiger partial charge in [0, 0.05) is 43.1 Å². The molecule has 282 valence electrons. The van der Waals surface area contributed by atoms with Gasteiger partial charge in [-0.3, -0.25) is 14.5 Å². The highest BCUT2D eigenvalue weighted by Gasteiger charge is 2.33. The van der Waals surface area contributed by atoms with Crippen molar-refractivity contribution in [2.45, 2.75) is 83.0 Å². The van der Waals surface area contributed by atoms with E-state index in [1.165, 1.54) is 16.3 Å².